The number of fused-ring (bicyclic) bond motifs is 3. The molecule has 1 nitrogen and oxygen atoms in total. The second kappa shape index (κ2) is 6.39. The summed E-state index contributed by atoms with van der Waals surface area (Å²) in [5.41, 5.74) is 0. The number of thiol groups is 1. The molecule has 0 atom stereocenters. The monoisotopic (exact) mass is 283 g/mol. The minimum atomic E-state index is 0. The molecule has 3 saturated heterocycles. The van der Waals surface area contributed by atoms with Crippen LogP contribution in [-0.2, 0) is 0 Å². The Labute approximate surface area is 106 Å². The van der Waals surface area contributed by atoms with Crippen LogP contribution in [0.2, 0.25) is 0 Å². The van der Waals surface area contributed by atoms with Crippen molar-refractivity contribution in [3.05, 3.63) is 0 Å². The Morgan fingerprint density at radius 2 is 1.79 bits per heavy atom. The third-order valence-electron chi connectivity index (χ3n) is 3.81. The van der Waals surface area contributed by atoms with Gasteiger partial charge >= 0.3 is 0 Å². The van der Waals surface area contributed by atoms with Crippen LogP contribution in [0.3, 0.4) is 0 Å². The summed E-state index contributed by atoms with van der Waals surface area (Å²) in [6.45, 7) is 5.66. The fraction of sp³-hybridized carbons (Fsp3) is 1.00. The lowest BCUT2D eigenvalue weighted by Gasteiger charge is -2.49. The Morgan fingerprint density at radius 1 is 1.21 bits per heavy atom. The van der Waals surface area contributed by atoms with Gasteiger partial charge in [0.15, 0.2) is 0 Å². The van der Waals surface area contributed by atoms with Crippen molar-refractivity contribution < 1.29 is 21.5 Å². The van der Waals surface area contributed by atoms with Crippen LogP contribution in [0.25, 0.3) is 0 Å². The first kappa shape index (κ1) is 12.9. The summed E-state index contributed by atoms with van der Waals surface area (Å²) in [4.78, 5) is 0. The Hall–Kier alpha value is 0.790. The van der Waals surface area contributed by atoms with Gasteiger partial charge < -0.3 is 21.5 Å². The van der Waals surface area contributed by atoms with E-state index in [4.69, 9.17) is 1.12 Å². The van der Waals surface area contributed by atoms with E-state index in [0.717, 1.165) is 11.7 Å². The Morgan fingerprint density at radius 3 is 2.29 bits per heavy atom. The Kier molecular flexibility index (Phi) is 5.87. The molecule has 0 radical (unpaired) electrons. The van der Waals surface area contributed by atoms with E-state index in [1.807, 2.05) is 0 Å². The second-order valence-electron chi connectivity index (χ2n) is 4.53. The lowest BCUT2D eigenvalue weighted by molar-refractivity contribution is -0.942. The zero-order valence-electron chi connectivity index (χ0n) is 9.17. The van der Waals surface area contributed by atoms with Crippen molar-refractivity contribution in [1.29, 1.82) is 1.12 Å². The predicted octanol–water partition coefficient (Wildman–Crippen LogP) is -0.423. The van der Waals surface area contributed by atoms with E-state index in [0.29, 0.717) is 0 Å². The van der Waals surface area contributed by atoms with Crippen LogP contribution in [0.1, 0.15) is 33.1 Å². The molecule has 2 bridgehead atoms. The minimum absolute atomic E-state index is 0. The molecule has 0 spiro atoms. The largest absolute Gasteiger partial charge is 1.00 e. The highest BCUT2D eigenvalue weighted by atomic mass is 79.9. The summed E-state index contributed by atoms with van der Waals surface area (Å²) in [5.74, 6) is 2.11. The molecule has 0 aromatic heterocycles. The standard InChI is InChI=1S/C10H19NS.CH4.BrH/c12-9-1-5-11-6-2-10(3-7-11)4-8-11;;/h10H,1-9H2;1H4;1H/i/hT. The molecule has 3 rings (SSSR count). The number of quaternary nitrogens is 1. The van der Waals surface area contributed by atoms with Crippen molar-refractivity contribution in [2.24, 2.45) is 5.92 Å². The van der Waals surface area contributed by atoms with E-state index in [1.54, 1.807) is 0 Å². The Balaban J connectivity index is 0.000000980. The van der Waals surface area contributed by atoms with Crippen molar-refractivity contribution in [2.45, 2.75) is 33.1 Å². The molecule has 0 amide bonds. The summed E-state index contributed by atoms with van der Waals surface area (Å²) >= 11 is 1.25. The lowest BCUT2D eigenvalue weighted by atomic mass is 9.85. The van der Waals surface area contributed by atoms with Crippen LogP contribution in [-0.4, -0.2) is 37.5 Å². The molecule has 3 heteroatoms. The zero-order valence-corrected chi connectivity index (χ0v) is 10.6. The van der Waals surface area contributed by atoms with E-state index in [1.165, 1.54) is 68.9 Å². The van der Waals surface area contributed by atoms with Gasteiger partial charge in [-0.1, -0.05) is 7.43 Å². The third kappa shape index (κ3) is 3.14. The van der Waals surface area contributed by atoms with E-state index in [9.17, 15) is 0 Å². The van der Waals surface area contributed by atoms with Crippen LogP contribution in [0.15, 0.2) is 0 Å². The minimum Gasteiger partial charge on any atom is -1.00 e. The van der Waals surface area contributed by atoms with E-state index in [2.05, 4.69) is 0 Å². The normalized spacial score (nSPS) is 35.4. The molecule has 3 fully saturated rings. The number of halogens is 1. The van der Waals surface area contributed by atoms with E-state index < -0.39 is 0 Å². The highest BCUT2D eigenvalue weighted by molar-refractivity contribution is 7.80. The van der Waals surface area contributed by atoms with E-state index >= 15 is 0 Å². The lowest BCUT2D eigenvalue weighted by Crippen LogP contribution is -3.00. The molecule has 3 aliphatic heterocycles. The molecular formula is C11H24BrNS. The van der Waals surface area contributed by atoms with Gasteiger partial charge in [0.2, 0.25) is 0 Å². The van der Waals surface area contributed by atoms with Gasteiger partial charge in [-0.2, -0.15) is 12.5 Å². The van der Waals surface area contributed by atoms with Crippen molar-refractivity contribution >= 4 is 12.5 Å². The van der Waals surface area contributed by atoms with Crippen LogP contribution in [0, 0.1) is 5.92 Å². The molecule has 3 aliphatic rings. The molecule has 0 aliphatic carbocycles. The molecule has 86 valence electrons. The van der Waals surface area contributed by atoms with Gasteiger partial charge in [0.25, 0.3) is 0 Å². The van der Waals surface area contributed by atoms with Gasteiger partial charge in [-0.15, -0.1) is 0 Å². The van der Waals surface area contributed by atoms with Crippen LogP contribution in [0.5, 0.6) is 0 Å². The zero-order chi connectivity index (χ0) is 9.15. The summed E-state index contributed by atoms with van der Waals surface area (Å²) in [6, 6.07) is 0. The number of rotatable bonds is 4. The summed E-state index contributed by atoms with van der Waals surface area (Å²) in [7, 11) is 0. The predicted molar refractivity (Wildman–Crippen MR) is 62.3 cm³/mol. The highest BCUT2D eigenvalue weighted by Crippen LogP contribution is 2.33. The fourth-order valence-corrected chi connectivity index (χ4v) is 3.00. The molecular weight excluding hydrogens is 258 g/mol. The van der Waals surface area contributed by atoms with Crippen molar-refractivity contribution in [1.82, 2.24) is 0 Å². The van der Waals surface area contributed by atoms with Gasteiger partial charge in [0.05, 0.1) is 26.2 Å². The summed E-state index contributed by atoms with van der Waals surface area (Å²) < 4.78 is 8.46. The smallest absolute Gasteiger partial charge is 0.102 e. The van der Waals surface area contributed by atoms with Crippen molar-refractivity contribution in [3.8, 4) is 0 Å². The van der Waals surface area contributed by atoms with Crippen LogP contribution >= 0.6 is 12.5 Å². The summed E-state index contributed by atoms with van der Waals surface area (Å²) in [5, 5.41) is 0. The number of piperidine rings is 3. The van der Waals surface area contributed by atoms with Gasteiger partial charge in [-0.05, 0) is 30.9 Å². The van der Waals surface area contributed by atoms with E-state index in [-0.39, 0.29) is 24.4 Å². The molecule has 0 aromatic rings. The molecule has 0 N–H and O–H groups in total. The average molecular weight is 284 g/mol. The van der Waals surface area contributed by atoms with Crippen molar-refractivity contribution in [3.63, 3.8) is 0 Å². The van der Waals surface area contributed by atoms with Gasteiger partial charge in [0.1, 0.15) is 1.12 Å². The number of nitrogens with zero attached hydrogens (tertiary/aromatic N) is 1. The maximum Gasteiger partial charge on any atom is 0.102 e. The molecule has 0 unspecified atom stereocenters. The maximum absolute atomic E-state index is 7.06. The quantitative estimate of drug-likeness (QED) is 0.404. The second-order valence-corrected chi connectivity index (χ2v) is 4.93. The first-order chi connectivity index (χ1) is 6.35. The first-order valence-electron chi connectivity index (χ1n) is 5.69. The SMILES string of the molecule is C.[3H]SCCC[N+]12CCC(CC1)CC2.[Br-]. The topological polar surface area (TPSA) is 0 Å². The maximum atomic E-state index is 7.06. The third-order valence-corrected chi connectivity index (χ3v) is 4.10. The highest BCUT2D eigenvalue weighted by Gasteiger charge is 2.38. The number of hydrogen-bond acceptors (Lipinski definition) is 1. The molecule has 3 heterocycles. The molecule has 0 aromatic carbocycles. The van der Waals surface area contributed by atoms with Gasteiger partial charge in [0, 0.05) is 6.42 Å². The average Bonchev–Trinajstić information content (AvgIpc) is 2.21. The van der Waals surface area contributed by atoms with Crippen LogP contribution in [0.4, 0.5) is 0 Å². The van der Waals surface area contributed by atoms with Gasteiger partial charge in [-0.25, -0.2) is 0 Å². The Bertz CT molecular complexity index is 158. The molecule has 14 heavy (non-hydrogen) atoms. The molecule has 0 saturated carbocycles. The summed E-state index contributed by atoms with van der Waals surface area (Å²) in [6.07, 6.45) is 5.69. The van der Waals surface area contributed by atoms with Gasteiger partial charge in [-0.3, -0.25) is 0 Å². The first-order valence-corrected chi connectivity index (χ1v) is 5.86. The van der Waals surface area contributed by atoms with Crippen molar-refractivity contribution in [2.75, 3.05) is 31.9 Å². The fourth-order valence-electron chi connectivity index (χ4n) is 2.87. The van der Waals surface area contributed by atoms with Crippen LogP contribution < -0.4 is 17.0 Å². The number of hydrogen-bond donors (Lipinski definition) is 1.